The molecule has 0 spiro atoms. The van der Waals surface area contributed by atoms with E-state index in [1.54, 1.807) is 12.1 Å². The first-order valence-electron chi connectivity index (χ1n) is 7.38. The lowest BCUT2D eigenvalue weighted by Gasteiger charge is -2.15. The summed E-state index contributed by atoms with van der Waals surface area (Å²) in [6.07, 6.45) is -8.70. The molecule has 3 rings (SSSR count). The van der Waals surface area contributed by atoms with Crippen molar-refractivity contribution in [1.29, 1.82) is 5.26 Å². The first-order chi connectivity index (χ1) is 12.6. The first-order valence-corrected chi connectivity index (χ1v) is 7.38. The maximum atomic E-state index is 13.2. The Morgan fingerprint density at radius 2 is 1.63 bits per heavy atom. The van der Waals surface area contributed by atoms with E-state index in [1.807, 2.05) is 6.07 Å². The standard InChI is InChI=1S/C17H8F6N4/c18-16(19,20)11-7-14(17(21,22)23)27-15-9(11)4-5-13(26-15)10(8-24)12-3-1-2-6-25-12/h1-7,10H. The van der Waals surface area contributed by atoms with Crippen LogP contribution in [0, 0.1) is 11.3 Å². The van der Waals surface area contributed by atoms with Gasteiger partial charge in [-0.1, -0.05) is 6.07 Å². The van der Waals surface area contributed by atoms with E-state index < -0.39 is 40.6 Å². The van der Waals surface area contributed by atoms with E-state index in [9.17, 15) is 31.6 Å². The molecule has 27 heavy (non-hydrogen) atoms. The number of rotatable bonds is 2. The van der Waals surface area contributed by atoms with Crippen LogP contribution in [-0.4, -0.2) is 15.0 Å². The number of hydrogen-bond donors (Lipinski definition) is 0. The van der Waals surface area contributed by atoms with Crippen molar-refractivity contribution in [2.24, 2.45) is 0 Å². The van der Waals surface area contributed by atoms with Crippen LogP contribution < -0.4 is 0 Å². The molecule has 3 heterocycles. The van der Waals surface area contributed by atoms with Crippen molar-refractivity contribution in [3.8, 4) is 6.07 Å². The summed E-state index contributed by atoms with van der Waals surface area (Å²) in [5.74, 6) is -1.07. The molecule has 0 aliphatic rings. The van der Waals surface area contributed by atoms with Crippen molar-refractivity contribution in [1.82, 2.24) is 15.0 Å². The Morgan fingerprint density at radius 1 is 0.889 bits per heavy atom. The van der Waals surface area contributed by atoms with E-state index in [0.717, 1.165) is 12.1 Å². The minimum atomic E-state index is -5.08. The van der Waals surface area contributed by atoms with Gasteiger partial charge in [0.05, 0.1) is 23.0 Å². The van der Waals surface area contributed by atoms with Gasteiger partial charge in [0.25, 0.3) is 0 Å². The van der Waals surface area contributed by atoms with Crippen LogP contribution in [0.25, 0.3) is 11.0 Å². The van der Waals surface area contributed by atoms with Gasteiger partial charge in [-0.15, -0.1) is 0 Å². The molecule has 0 aromatic carbocycles. The van der Waals surface area contributed by atoms with Gasteiger partial charge in [0.1, 0.15) is 11.6 Å². The average Bonchev–Trinajstić information content (AvgIpc) is 2.60. The number of aromatic nitrogens is 3. The van der Waals surface area contributed by atoms with Crippen molar-refractivity contribution in [2.75, 3.05) is 0 Å². The lowest BCUT2D eigenvalue weighted by Crippen LogP contribution is -2.14. The summed E-state index contributed by atoms with van der Waals surface area (Å²) in [5, 5.41) is 8.78. The number of pyridine rings is 3. The summed E-state index contributed by atoms with van der Waals surface area (Å²) in [7, 11) is 0. The van der Waals surface area contributed by atoms with Crippen LogP contribution in [0.3, 0.4) is 0 Å². The van der Waals surface area contributed by atoms with Crippen LogP contribution in [-0.2, 0) is 12.4 Å². The van der Waals surface area contributed by atoms with E-state index in [2.05, 4.69) is 15.0 Å². The van der Waals surface area contributed by atoms with Crippen LogP contribution in [0.15, 0.2) is 42.6 Å². The molecule has 1 atom stereocenters. The maximum absolute atomic E-state index is 13.2. The molecule has 0 bridgehead atoms. The molecule has 3 aromatic heterocycles. The molecule has 1 unspecified atom stereocenters. The van der Waals surface area contributed by atoms with E-state index in [4.69, 9.17) is 0 Å². The third kappa shape index (κ3) is 3.67. The van der Waals surface area contributed by atoms with Crippen LogP contribution >= 0.6 is 0 Å². The summed E-state index contributed by atoms with van der Waals surface area (Å²) in [5.41, 5.74) is -3.74. The number of fused-ring (bicyclic) bond motifs is 1. The summed E-state index contributed by atoms with van der Waals surface area (Å²) in [4.78, 5) is 11.0. The fourth-order valence-electron chi connectivity index (χ4n) is 2.49. The highest BCUT2D eigenvalue weighted by atomic mass is 19.4. The predicted molar refractivity (Wildman–Crippen MR) is 81.2 cm³/mol. The fourth-order valence-corrected chi connectivity index (χ4v) is 2.49. The molecule has 0 radical (unpaired) electrons. The number of nitriles is 1. The fraction of sp³-hybridized carbons (Fsp3) is 0.176. The molecular weight excluding hydrogens is 374 g/mol. The highest BCUT2D eigenvalue weighted by Crippen LogP contribution is 2.38. The monoisotopic (exact) mass is 382 g/mol. The van der Waals surface area contributed by atoms with Crippen molar-refractivity contribution < 1.29 is 26.3 Å². The van der Waals surface area contributed by atoms with Crippen LogP contribution in [0.2, 0.25) is 0 Å². The highest BCUT2D eigenvalue weighted by Gasteiger charge is 2.39. The van der Waals surface area contributed by atoms with Crippen molar-refractivity contribution in [3.05, 3.63) is 65.2 Å². The smallest absolute Gasteiger partial charge is 0.259 e. The third-order valence-corrected chi connectivity index (χ3v) is 3.70. The maximum Gasteiger partial charge on any atom is 0.433 e. The van der Waals surface area contributed by atoms with Gasteiger partial charge in [0.15, 0.2) is 5.65 Å². The number of nitrogens with zero attached hydrogens (tertiary/aromatic N) is 4. The van der Waals surface area contributed by atoms with Crippen LogP contribution in [0.1, 0.15) is 28.6 Å². The second kappa shape index (κ2) is 6.50. The predicted octanol–water partition coefficient (Wildman–Crippen LogP) is 4.72. The second-order valence-electron chi connectivity index (χ2n) is 5.47. The van der Waals surface area contributed by atoms with E-state index in [-0.39, 0.29) is 17.5 Å². The topological polar surface area (TPSA) is 62.5 Å². The molecule has 0 N–H and O–H groups in total. The lowest BCUT2D eigenvalue weighted by molar-refractivity contribution is -0.144. The molecule has 0 saturated heterocycles. The van der Waals surface area contributed by atoms with Crippen LogP contribution in [0.4, 0.5) is 26.3 Å². The minimum absolute atomic E-state index is 0.0514. The molecular formula is C17H8F6N4. The Bertz CT molecular complexity index is 1020. The zero-order valence-corrected chi connectivity index (χ0v) is 13.2. The SMILES string of the molecule is N#CC(c1ccccn1)c1ccc2c(C(F)(F)F)cc(C(F)(F)F)nc2n1. The summed E-state index contributed by atoms with van der Waals surface area (Å²) in [6, 6.07) is 8.64. The second-order valence-corrected chi connectivity index (χ2v) is 5.47. The Labute approximate surface area is 148 Å². The zero-order chi connectivity index (χ0) is 19.8. The van der Waals surface area contributed by atoms with E-state index >= 15 is 0 Å². The van der Waals surface area contributed by atoms with Gasteiger partial charge in [0, 0.05) is 11.6 Å². The van der Waals surface area contributed by atoms with E-state index in [0.29, 0.717) is 0 Å². The van der Waals surface area contributed by atoms with Crippen molar-refractivity contribution in [2.45, 2.75) is 18.3 Å². The van der Waals surface area contributed by atoms with Gasteiger partial charge in [-0.05, 0) is 30.3 Å². The molecule has 0 amide bonds. The summed E-state index contributed by atoms with van der Waals surface area (Å²) in [6.45, 7) is 0. The number of alkyl halides is 6. The normalized spacial score (nSPS) is 13.4. The largest absolute Gasteiger partial charge is 0.433 e. The molecule has 0 fully saturated rings. The van der Waals surface area contributed by atoms with Gasteiger partial charge < -0.3 is 0 Å². The highest BCUT2D eigenvalue weighted by molar-refractivity contribution is 5.80. The van der Waals surface area contributed by atoms with Gasteiger partial charge in [0.2, 0.25) is 0 Å². The lowest BCUT2D eigenvalue weighted by atomic mass is 10.0. The molecule has 138 valence electrons. The third-order valence-electron chi connectivity index (χ3n) is 3.70. The number of hydrogen-bond acceptors (Lipinski definition) is 4. The molecule has 10 heteroatoms. The van der Waals surface area contributed by atoms with Crippen molar-refractivity contribution >= 4 is 11.0 Å². The Kier molecular flexibility index (Phi) is 4.47. The zero-order valence-electron chi connectivity index (χ0n) is 13.2. The Morgan fingerprint density at radius 3 is 2.19 bits per heavy atom. The Hall–Kier alpha value is -3.22. The minimum Gasteiger partial charge on any atom is -0.259 e. The first kappa shape index (κ1) is 18.6. The summed E-state index contributed by atoms with van der Waals surface area (Å²) >= 11 is 0. The summed E-state index contributed by atoms with van der Waals surface area (Å²) < 4.78 is 78.4. The number of halogens is 6. The molecule has 4 nitrogen and oxygen atoms in total. The van der Waals surface area contributed by atoms with E-state index in [1.165, 1.54) is 12.3 Å². The molecule has 0 aliphatic carbocycles. The average molecular weight is 382 g/mol. The van der Waals surface area contributed by atoms with Gasteiger partial charge in [-0.25, -0.2) is 9.97 Å². The Balaban J connectivity index is 2.24. The quantitative estimate of drug-likeness (QED) is 0.602. The van der Waals surface area contributed by atoms with Gasteiger partial charge >= 0.3 is 12.4 Å². The van der Waals surface area contributed by atoms with Crippen LogP contribution in [0.5, 0.6) is 0 Å². The molecule has 0 aliphatic heterocycles. The van der Waals surface area contributed by atoms with Gasteiger partial charge in [-0.2, -0.15) is 31.6 Å². The molecule has 0 saturated carbocycles. The van der Waals surface area contributed by atoms with Crippen molar-refractivity contribution in [3.63, 3.8) is 0 Å². The molecule has 3 aromatic rings. The van der Waals surface area contributed by atoms with Gasteiger partial charge in [-0.3, -0.25) is 4.98 Å².